The molecule has 0 unspecified atom stereocenters. The fourth-order valence-electron chi connectivity index (χ4n) is 3.82. The molecule has 2 aromatic rings. The summed E-state index contributed by atoms with van der Waals surface area (Å²) in [6.07, 6.45) is 0.930. The van der Waals surface area contributed by atoms with Gasteiger partial charge in [0.1, 0.15) is 5.69 Å². The van der Waals surface area contributed by atoms with Crippen LogP contribution in [0.1, 0.15) is 28.5 Å². The van der Waals surface area contributed by atoms with Gasteiger partial charge in [0.05, 0.1) is 0 Å². The summed E-state index contributed by atoms with van der Waals surface area (Å²) in [5.74, 6) is -0.0854. The first-order valence-electron chi connectivity index (χ1n) is 7.84. The van der Waals surface area contributed by atoms with E-state index in [0.29, 0.717) is 19.6 Å². The van der Waals surface area contributed by atoms with Crippen molar-refractivity contribution in [2.45, 2.75) is 18.9 Å². The van der Waals surface area contributed by atoms with Crippen LogP contribution in [0.4, 0.5) is 0 Å². The maximum Gasteiger partial charge on any atom is 0.326 e. The van der Waals surface area contributed by atoms with Crippen molar-refractivity contribution in [2.24, 2.45) is 5.92 Å². The smallest absolute Gasteiger partial charge is 0.326 e. The van der Waals surface area contributed by atoms with Crippen molar-refractivity contribution in [3.05, 3.63) is 66.8 Å². The molecule has 1 saturated heterocycles. The molecule has 124 valence electrons. The highest BCUT2D eigenvalue weighted by Gasteiger charge is 2.36. The molecule has 1 fully saturated rings. The average molecular weight is 328 g/mol. The monoisotopic (exact) mass is 328 g/mol. The molecular weight excluding hydrogens is 312 g/mol. The molecule has 2 bridgehead atoms. The van der Waals surface area contributed by atoms with Gasteiger partial charge < -0.3 is 14.5 Å². The van der Waals surface area contributed by atoms with Gasteiger partial charge in [-0.1, -0.05) is 6.07 Å². The van der Waals surface area contributed by atoms with Crippen LogP contribution in [0.15, 0.2) is 38.6 Å². The molecule has 1 amide bonds. The van der Waals surface area contributed by atoms with Gasteiger partial charge in [0, 0.05) is 43.4 Å². The molecule has 0 aromatic carbocycles. The van der Waals surface area contributed by atoms with E-state index < -0.39 is 11.2 Å². The van der Waals surface area contributed by atoms with Crippen LogP contribution in [0.2, 0.25) is 0 Å². The average Bonchev–Trinajstić information content (AvgIpc) is 2.54. The number of nitrogens with one attached hydrogen (secondary N) is 2. The lowest BCUT2D eigenvalue weighted by atomic mass is 9.83. The molecule has 2 N–H and O–H groups in total. The molecule has 2 aliphatic heterocycles. The molecule has 0 spiro atoms. The standard InChI is InChI=1S/C16H16N4O4/c21-13-5-11(17-16(24)18-13)15(23)19-6-9-4-10(8-19)12-2-1-3-14(22)20(12)7-9/h1-3,5,9-10H,4,6-8H2,(H2,17,18,21,24)/t9-,10-/m1/s1. The highest BCUT2D eigenvalue weighted by atomic mass is 16.2. The third-order valence-corrected chi connectivity index (χ3v) is 4.76. The number of hydrogen-bond donors (Lipinski definition) is 2. The van der Waals surface area contributed by atoms with Crippen molar-refractivity contribution >= 4 is 5.91 Å². The molecule has 24 heavy (non-hydrogen) atoms. The zero-order chi connectivity index (χ0) is 16.8. The molecule has 2 aromatic heterocycles. The van der Waals surface area contributed by atoms with Gasteiger partial charge in [-0.2, -0.15) is 0 Å². The Morgan fingerprint density at radius 2 is 1.92 bits per heavy atom. The Bertz CT molecular complexity index is 958. The Labute approximate surface area is 135 Å². The summed E-state index contributed by atoms with van der Waals surface area (Å²) in [6.45, 7) is 1.56. The summed E-state index contributed by atoms with van der Waals surface area (Å²) in [5, 5.41) is 0. The summed E-state index contributed by atoms with van der Waals surface area (Å²) >= 11 is 0. The Morgan fingerprint density at radius 3 is 2.71 bits per heavy atom. The van der Waals surface area contributed by atoms with E-state index in [-0.39, 0.29) is 29.0 Å². The van der Waals surface area contributed by atoms with Gasteiger partial charge in [0.25, 0.3) is 17.0 Å². The van der Waals surface area contributed by atoms with Crippen LogP contribution in [-0.4, -0.2) is 38.4 Å². The van der Waals surface area contributed by atoms with Gasteiger partial charge in [0.2, 0.25) is 0 Å². The number of hydrogen-bond acceptors (Lipinski definition) is 4. The summed E-state index contributed by atoms with van der Waals surface area (Å²) in [5.41, 5.74) is -0.373. The van der Waals surface area contributed by atoms with Gasteiger partial charge in [0.15, 0.2) is 0 Å². The zero-order valence-corrected chi connectivity index (χ0v) is 12.8. The zero-order valence-electron chi connectivity index (χ0n) is 12.8. The second-order valence-corrected chi connectivity index (χ2v) is 6.41. The number of aromatic amines is 2. The summed E-state index contributed by atoms with van der Waals surface area (Å²) in [6, 6.07) is 6.32. The van der Waals surface area contributed by atoms with Crippen LogP contribution in [0.25, 0.3) is 0 Å². The minimum absolute atomic E-state index is 0.00539. The summed E-state index contributed by atoms with van der Waals surface area (Å²) < 4.78 is 1.79. The molecule has 8 heteroatoms. The van der Waals surface area contributed by atoms with E-state index in [1.165, 1.54) is 0 Å². The summed E-state index contributed by atoms with van der Waals surface area (Å²) in [4.78, 5) is 53.5. The van der Waals surface area contributed by atoms with Crippen molar-refractivity contribution in [1.29, 1.82) is 0 Å². The number of H-pyrrole nitrogens is 2. The maximum absolute atomic E-state index is 12.6. The van der Waals surface area contributed by atoms with Crippen molar-refractivity contribution in [3.8, 4) is 0 Å². The molecule has 2 aliphatic rings. The van der Waals surface area contributed by atoms with Crippen molar-refractivity contribution in [1.82, 2.24) is 19.4 Å². The van der Waals surface area contributed by atoms with Crippen molar-refractivity contribution in [3.63, 3.8) is 0 Å². The number of fused-ring (bicyclic) bond motifs is 4. The Balaban J connectivity index is 1.66. The molecule has 4 rings (SSSR count). The number of aromatic nitrogens is 3. The van der Waals surface area contributed by atoms with Crippen molar-refractivity contribution in [2.75, 3.05) is 13.1 Å². The van der Waals surface area contributed by atoms with Crippen molar-refractivity contribution < 1.29 is 4.79 Å². The van der Waals surface area contributed by atoms with Gasteiger partial charge in [-0.15, -0.1) is 0 Å². The Kier molecular flexibility index (Phi) is 3.26. The second kappa shape index (κ2) is 5.33. The molecule has 0 radical (unpaired) electrons. The van der Waals surface area contributed by atoms with E-state index in [1.807, 2.05) is 6.07 Å². The van der Waals surface area contributed by atoms with Crippen LogP contribution in [0.3, 0.4) is 0 Å². The van der Waals surface area contributed by atoms with Gasteiger partial charge in [-0.25, -0.2) is 4.79 Å². The van der Waals surface area contributed by atoms with E-state index in [1.54, 1.807) is 21.6 Å². The lowest BCUT2D eigenvalue weighted by molar-refractivity contribution is 0.0588. The highest BCUT2D eigenvalue weighted by molar-refractivity contribution is 5.92. The van der Waals surface area contributed by atoms with Gasteiger partial charge in [-0.3, -0.25) is 19.4 Å². The Morgan fingerprint density at radius 1 is 1.08 bits per heavy atom. The number of pyridine rings is 1. The predicted octanol–water partition coefficient (Wildman–Crippen LogP) is -0.516. The van der Waals surface area contributed by atoms with E-state index in [4.69, 9.17) is 0 Å². The topological polar surface area (TPSA) is 108 Å². The lowest BCUT2D eigenvalue weighted by Crippen LogP contribution is -2.49. The SMILES string of the molecule is O=C(c1cc(=O)[nH]c(=O)[nH]1)N1C[C@H]2C[C@H](C1)c1cccc(=O)n1C2. The van der Waals surface area contributed by atoms with Crippen LogP contribution >= 0.6 is 0 Å². The second-order valence-electron chi connectivity index (χ2n) is 6.41. The lowest BCUT2D eigenvalue weighted by Gasteiger charge is -2.42. The van der Waals surface area contributed by atoms with Crippen LogP contribution in [-0.2, 0) is 6.54 Å². The Hall–Kier alpha value is -2.90. The number of likely N-dealkylation sites (tertiary alicyclic amines) is 1. The fraction of sp³-hybridized carbons (Fsp3) is 0.375. The largest absolute Gasteiger partial charge is 0.336 e. The van der Waals surface area contributed by atoms with Gasteiger partial charge in [-0.05, 0) is 18.4 Å². The highest BCUT2D eigenvalue weighted by Crippen LogP contribution is 2.35. The molecular formula is C16H16N4O4. The quantitative estimate of drug-likeness (QED) is 0.734. The minimum Gasteiger partial charge on any atom is -0.336 e. The third-order valence-electron chi connectivity index (χ3n) is 4.76. The van der Waals surface area contributed by atoms with Crippen LogP contribution in [0, 0.1) is 5.92 Å². The number of rotatable bonds is 1. The fourth-order valence-corrected chi connectivity index (χ4v) is 3.82. The first kappa shape index (κ1) is 14.7. The van der Waals surface area contributed by atoms with E-state index in [9.17, 15) is 19.2 Å². The third kappa shape index (κ3) is 2.40. The molecule has 2 atom stereocenters. The predicted molar refractivity (Wildman–Crippen MR) is 85.1 cm³/mol. The van der Waals surface area contributed by atoms with E-state index >= 15 is 0 Å². The van der Waals surface area contributed by atoms with E-state index in [2.05, 4.69) is 9.97 Å². The molecule has 0 aliphatic carbocycles. The maximum atomic E-state index is 12.6. The normalized spacial score (nSPS) is 22.1. The van der Waals surface area contributed by atoms with E-state index in [0.717, 1.165) is 18.2 Å². The number of piperidine rings is 1. The van der Waals surface area contributed by atoms with Crippen LogP contribution < -0.4 is 16.8 Å². The summed E-state index contributed by atoms with van der Waals surface area (Å²) in [7, 11) is 0. The number of carbonyl (C=O) groups excluding carboxylic acids is 1. The number of amides is 1. The number of nitrogens with zero attached hydrogens (tertiary/aromatic N) is 2. The minimum atomic E-state index is -0.694. The molecule has 4 heterocycles. The first-order valence-corrected chi connectivity index (χ1v) is 7.84. The molecule has 0 saturated carbocycles. The molecule has 8 nitrogen and oxygen atoms in total. The number of carbonyl (C=O) groups is 1. The van der Waals surface area contributed by atoms with Crippen LogP contribution in [0.5, 0.6) is 0 Å². The first-order chi connectivity index (χ1) is 11.5. The van der Waals surface area contributed by atoms with Gasteiger partial charge >= 0.3 is 5.69 Å².